The molecule has 1 aliphatic carbocycles. The van der Waals surface area contributed by atoms with Gasteiger partial charge in [-0.1, -0.05) is 36.2 Å². The Labute approximate surface area is 86.2 Å². The van der Waals surface area contributed by atoms with Crippen LogP contribution in [0.2, 0.25) is 0 Å². The molecule has 13 heavy (non-hydrogen) atoms. The van der Waals surface area contributed by atoms with Gasteiger partial charge >= 0.3 is 0 Å². The summed E-state index contributed by atoms with van der Waals surface area (Å²) in [6.45, 7) is 2.16. The summed E-state index contributed by atoms with van der Waals surface area (Å²) in [5, 5.41) is 3.57. The average molecular weight is 200 g/mol. The van der Waals surface area contributed by atoms with Crippen LogP contribution in [0.4, 0.5) is 0 Å². The van der Waals surface area contributed by atoms with Crippen LogP contribution in [0.3, 0.4) is 0 Å². The van der Waals surface area contributed by atoms with Gasteiger partial charge in [-0.25, -0.2) is 0 Å². The van der Waals surface area contributed by atoms with Crippen LogP contribution in [0.1, 0.15) is 19.8 Å². The monoisotopic (exact) mass is 199 g/mol. The summed E-state index contributed by atoms with van der Waals surface area (Å²) in [5.74, 6) is 0. The van der Waals surface area contributed by atoms with Crippen LogP contribution >= 0.6 is 11.6 Å². The molecule has 0 saturated heterocycles. The SMILES string of the molecule is CCC1=CC=C(Cl)C=CC1.CNC. The molecular formula is C11H18ClN. The Morgan fingerprint density at radius 1 is 1.38 bits per heavy atom. The molecule has 0 atom stereocenters. The zero-order valence-electron chi connectivity index (χ0n) is 8.60. The lowest BCUT2D eigenvalue weighted by atomic mass is 10.1. The van der Waals surface area contributed by atoms with Gasteiger partial charge in [0.2, 0.25) is 0 Å². The Balaban J connectivity index is 0.000000424. The van der Waals surface area contributed by atoms with Gasteiger partial charge < -0.3 is 5.32 Å². The number of nitrogens with one attached hydrogen (secondary N) is 1. The molecule has 0 amide bonds. The van der Waals surface area contributed by atoms with Crippen molar-refractivity contribution in [3.63, 3.8) is 0 Å². The van der Waals surface area contributed by atoms with E-state index in [1.165, 1.54) is 5.57 Å². The van der Waals surface area contributed by atoms with Crippen LogP contribution in [-0.2, 0) is 0 Å². The Bertz CT molecular complexity index is 214. The van der Waals surface area contributed by atoms with Crippen molar-refractivity contribution in [2.45, 2.75) is 19.8 Å². The van der Waals surface area contributed by atoms with E-state index in [2.05, 4.69) is 24.4 Å². The summed E-state index contributed by atoms with van der Waals surface area (Å²) in [6.07, 6.45) is 10.3. The van der Waals surface area contributed by atoms with Gasteiger partial charge in [0.1, 0.15) is 0 Å². The Hall–Kier alpha value is -0.530. The Kier molecular flexibility index (Phi) is 7.76. The highest BCUT2D eigenvalue weighted by Gasteiger charge is 1.93. The quantitative estimate of drug-likeness (QED) is 0.684. The fraction of sp³-hybridized carbons (Fsp3) is 0.455. The molecule has 1 rings (SSSR count). The summed E-state index contributed by atoms with van der Waals surface area (Å²) in [7, 11) is 3.75. The molecule has 1 aliphatic rings. The first-order chi connectivity index (χ1) is 6.24. The van der Waals surface area contributed by atoms with E-state index in [9.17, 15) is 0 Å². The van der Waals surface area contributed by atoms with Gasteiger partial charge in [-0.3, -0.25) is 0 Å². The van der Waals surface area contributed by atoms with E-state index in [1.807, 2.05) is 26.2 Å². The normalized spacial score (nSPS) is 15.1. The summed E-state index contributed by atoms with van der Waals surface area (Å²) in [6, 6.07) is 0. The third-order valence-corrected chi connectivity index (χ3v) is 1.84. The average Bonchev–Trinajstić information content (AvgIpc) is 2.31. The van der Waals surface area contributed by atoms with Gasteiger partial charge in [-0.05, 0) is 39.1 Å². The molecule has 1 N–H and O–H groups in total. The second-order valence-electron chi connectivity index (χ2n) is 2.84. The molecule has 0 radical (unpaired) electrons. The highest BCUT2D eigenvalue weighted by atomic mass is 35.5. The molecule has 1 nitrogen and oxygen atoms in total. The summed E-state index contributed by atoms with van der Waals surface area (Å²) in [4.78, 5) is 0. The molecule has 0 saturated carbocycles. The Morgan fingerprint density at radius 2 is 2.00 bits per heavy atom. The number of hydrogen-bond acceptors (Lipinski definition) is 1. The minimum absolute atomic E-state index is 0.823. The fourth-order valence-electron chi connectivity index (χ4n) is 0.906. The van der Waals surface area contributed by atoms with Crippen LogP contribution < -0.4 is 5.32 Å². The number of halogens is 1. The second-order valence-corrected chi connectivity index (χ2v) is 3.27. The van der Waals surface area contributed by atoms with Crippen LogP contribution in [0.15, 0.2) is 34.9 Å². The maximum Gasteiger partial charge on any atom is 0.0402 e. The maximum absolute atomic E-state index is 5.77. The molecule has 0 spiro atoms. The molecule has 0 bridgehead atoms. The van der Waals surface area contributed by atoms with E-state index < -0.39 is 0 Å². The third-order valence-electron chi connectivity index (χ3n) is 1.59. The predicted molar refractivity (Wildman–Crippen MR) is 61.1 cm³/mol. The largest absolute Gasteiger partial charge is 0.323 e. The van der Waals surface area contributed by atoms with E-state index in [0.29, 0.717) is 0 Å². The van der Waals surface area contributed by atoms with Crippen molar-refractivity contribution in [3.05, 3.63) is 34.9 Å². The predicted octanol–water partition coefficient (Wildman–Crippen LogP) is 3.24. The van der Waals surface area contributed by atoms with Gasteiger partial charge in [0.15, 0.2) is 0 Å². The first kappa shape index (κ1) is 12.5. The molecule has 0 aromatic rings. The van der Waals surface area contributed by atoms with E-state index in [4.69, 9.17) is 11.6 Å². The van der Waals surface area contributed by atoms with Crippen molar-refractivity contribution in [1.29, 1.82) is 0 Å². The van der Waals surface area contributed by atoms with Gasteiger partial charge in [-0.2, -0.15) is 0 Å². The molecule has 0 heterocycles. The summed E-state index contributed by atoms with van der Waals surface area (Å²) < 4.78 is 0. The van der Waals surface area contributed by atoms with Crippen molar-refractivity contribution in [2.24, 2.45) is 0 Å². The topological polar surface area (TPSA) is 12.0 Å². The van der Waals surface area contributed by atoms with Crippen LogP contribution in [0.25, 0.3) is 0 Å². The third kappa shape index (κ3) is 6.62. The highest BCUT2D eigenvalue weighted by molar-refractivity contribution is 6.31. The van der Waals surface area contributed by atoms with Crippen molar-refractivity contribution >= 4 is 11.6 Å². The molecule has 0 unspecified atom stereocenters. The minimum Gasteiger partial charge on any atom is -0.323 e. The van der Waals surface area contributed by atoms with Gasteiger partial charge in [0, 0.05) is 5.03 Å². The molecule has 0 aromatic carbocycles. The standard InChI is InChI=1S/C9H11Cl.C2H7N/c1-2-8-4-3-5-9(10)7-6-8;1-3-2/h3,5-7H,2,4H2,1H3;3H,1-2H3. The lowest BCUT2D eigenvalue weighted by Crippen LogP contribution is -1.89. The van der Waals surface area contributed by atoms with E-state index in [0.717, 1.165) is 17.9 Å². The molecule has 2 heteroatoms. The van der Waals surface area contributed by atoms with E-state index >= 15 is 0 Å². The zero-order valence-corrected chi connectivity index (χ0v) is 9.36. The van der Waals surface area contributed by atoms with Crippen LogP contribution in [0.5, 0.6) is 0 Å². The van der Waals surface area contributed by atoms with Crippen LogP contribution in [-0.4, -0.2) is 14.1 Å². The summed E-state index contributed by atoms with van der Waals surface area (Å²) in [5.41, 5.74) is 1.44. The summed E-state index contributed by atoms with van der Waals surface area (Å²) >= 11 is 5.77. The first-order valence-electron chi connectivity index (χ1n) is 4.54. The molecule has 0 aromatic heterocycles. The molecular weight excluding hydrogens is 182 g/mol. The van der Waals surface area contributed by atoms with Crippen molar-refractivity contribution in [3.8, 4) is 0 Å². The molecule has 0 aliphatic heterocycles. The number of allylic oxidation sites excluding steroid dienone is 6. The van der Waals surface area contributed by atoms with Gasteiger partial charge in [0.05, 0.1) is 0 Å². The van der Waals surface area contributed by atoms with E-state index in [-0.39, 0.29) is 0 Å². The molecule has 74 valence electrons. The van der Waals surface area contributed by atoms with Crippen molar-refractivity contribution in [1.82, 2.24) is 5.32 Å². The van der Waals surface area contributed by atoms with Crippen molar-refractivity contribution < 1.29 is 0 Å². The van der Waals surface area contributed by atoms with Gasteiger partial charge in [0.25, 0.3) is 0 Å². The maximum atomic E-state index is 5.77. The first-order valence-corrected chi connectivity index (χ1v) is 4.92. The van der Waals surface area contributed by atoms with Crippen molar-refractivity contribution in [2.75, 3.05) is 14.1 Å². The number of rotatable bonds is 1. The zero-order chi connectivity index (χ0) is 10.1. The lowest BCUT2D eigenvalue weighted by molar-refractivity contribution is 1.02. The molecule has 0 fully saturated rings. The fourth-order valence-corrected chi connectivity index (χ4v) is 1.06. The number of hydrogen-bond donors (Lipinski definition) is 1. The van der Waals surface area contributed by atoms with E-state index in [1.54, 1.807) is 0 Å². The lowest BCUT2D eigenvalue weighted by Gasteiger charge is -1.94. The minimum atomic E-state index is 0.823. The highest BCUT2D eigenvalue weighted by Crippen LogP contribution is 2.15. The smallest absolute Gasteiger partial charge is 0.0402 e. The Morgan fingerprint density at radius 3 is 2.54 bits per heavy atom. The van der Waals surface area contributed by atoms with Crippen LogP contribution in [0, 0.1) is 0 Å². The van der Waals surface area contributed by atoms with Gasteiger partial charge in [-0.15, -0.1) is 0 Å². The second kappa shape index (κ2) is 8.09.